The Hall–Kier alpha value is -2.87. The second-order valence-electron chi connectivity index (χ2n) is 6.93. The summed E-state index contributed by atoms with van der Waals surface area (Å²) >= 11 is 0. The molecule has 0 bridgehead atoms. The molecule has 30 heavy (non-hydrogen) atoms. The minimum atomic E-state index is -3.07. The molecule has 162 valence electrons. The molecular weight excluding hydrogens is 394 g/mol. The zero-order valence-electron chi connectivity index (χ0n) is 17.1. The third kappa shape index (κ3) is 4.99. The van der Waals surface area contributed by atoms with Gasteiger partial charge in [0.1, 0.15) is 5.75 Å². The summed E-state index contributed by atoms with van der Waals surface area (Å²) in [6.07, 6.45) is 2.17. The first kappa shape index (κ1) is 21.8. The van der Waals surface area contributed by atoms with Crippen molar-refractivity contribution in [2.45, 2.75) is 25.5 Å². The molecule has 1 amide bonds. The SMILES string of the molecule is COc1ccccc1C(CNC(=O)c1cccc(OC)c1OC(F)F)N1CCCC1. The number of benzene rings is 2. The molecule has 0 saturated carbocycles. The molecule has 1 aliphatic rings. The van der Waals surface area contributed by atoms with Gasteiger partial charge in [0.15, 0.2) is 11.5 Å². The molecule has 1 aliphatic heterocycles. The number of nitrogens with one attached hydrogen (secondary N) is 1. The second-order valence-corrected chi connectivity index (χ2v) is 6.93. The molecule has 2 aromatic carbocycles. The Morgan fingerprint density at radius 2 is 1.70 bits per heavy atom. The summed E-state index contributed by atoms with van der Waals surface area (Å²) in [5.41, 5.74) is 0.965. The maximum absolute atomic E-state index is 12.9. The van der Waals surface area contributed by atoms with Crippen LogP contribution in [-0.4, -0.2) is 51.3 Å². The number of ether oxygens (including phenoxy) is 3. The van der Waals surface area contributed by atoms with Crippen LogP contribution in [0.1, 0.15) is 34.8 Å². The van der Waals surface area contributed by atoms with E-state index >= 15 is 0 Å². The zero-order chi connectivity index (χ0) is 21.5. The standard InChI is InChI=1S/C22H26F2N2O4/c1-28-18-10-4-3-8-15(18)17(26-12-5-6-13-26)14-25-21(27)16-9-7-11-19(29-2)20(16)30-22(23)24/h3-4,7-11,17,22H,5-6,12-14H2,1-2H3,(H,25,27). The van der Waals surface area contributed by atoms with Crippen molar-refractivity contribution in [2.75, 3.05) is 33.9 Å². The van der Waals surface area contributed by atoms with Crippen molar-refractivity contribution < 1.29 is 27.8 Å². The maximum atomic E-state index is 12.9. The molecule has 6 nitrogen and oxygen atoms in total. The highest BCUT2D eigenvalue weighted by Gasteiger charge is 2.27. The van der Waals surface area contributed by atoms with E-state index in [2.05, 4.69) is 15.0 Å². The van der Waals surface area contributed by atoms with Crippen molar-refractivity contribution >= 4 is 5.91 Å². The number of rotatable bonds is 9. The molecule has 1 N–H and O–H groups in total. The van der Waals surface area contributed by atoms with Crippen LogP contribution in [0.2, 0.25) is 0 Å². The summed E-state index contributed by atoms with van der Waals surface area (Å²) in [4.78, 5) is 15.2. The number of carbonyl (C=O) groups is 1. The molecule has 1 fully saturated rings. The fourth-order valence-corrected chi connectivity index (χ4v) is 3.78. The first-order valence-corrected chi connectivity index (χ1v) is 9.82. The monoisotopic (exact) mass is 420 g/mol. The fraction of sp³-hybridized carbons (Fsp3) is 0.409. The fourth-order valence-electron chi connectivity index (χ4n) is 3.78. The van der Waals surface area contributed by atoms with Crippen molar-refractivity contribution in [3.05, 3.63) is 53.6 Å². The van der Waals surface area contributed by atoms with Gasteiger partial charge >= 0.3 is 6.61 Å². The van der Waals surface area contributed by atoms with Crippen LogP contribution < -0.4 is 19.5 Å². The Bertz CT molecular complexity index is 857. The molecule has 1 unspecified atom stereocenters. The van der Waals surface area contributed by atoms with E-state index in [1.807, 2.05) is 24.3 Å². The van der Waals surface area contributed by atoms with E-state index in [0.717, 1.165) is 37.2 Å². The van der Waals surface area contributed by atoms with Crippen LogP contribution in [0.4, 0.5) is 8.78 Å². The van der Waals surface area contributed by atoms with E-state index in [1.54, 1.807) is 13.2 Å². The highest BCUT2D eigenvalue weighted by molar-refractivity contribution is 5.97. The third-order valence-corrected chi connectivity index (χ3v) is 5.19. The smallest absolute Gasteiger partial charge is 0.387 e. The number of para-hydroxylation sites is 2. The summed E-state index contributed by atoms with van der Waals surface area (Å²) in [7, 11) is 2.95. The molecule has 0 spiro atoms. The average Bonchev–Trinajstić information content (AvgIpc) is 3.28. The number of amides is 1. The summed E-state index contributed by atoms with van der Waals surface area (Å²) in [6, 6.07) is 12.1. The number of halogens is 2. The molecule has 0 aliphatic carbocycles. The molecule has 8 heteroatoms. The number of hydrogen-bond donors (Lipinski definition) is 1. The van der Waals surface area contributed by atoms with Gasteiger partial charge in [0.05, 0.1) is 25.8 Å². The summed E-state index contributed by atoms with van der Waals surface area (Å²) in [6.45, 7) is -0.946. The van der Waals surface area contributed by atoms with Gasteiger partial charge < -0.3 is 19.5 Å². The number of nitrogens with zero attached hydrogens (tertiary/aromatic N) is 1. The quantitative estimate of drug-likeness (QED) is 0.667. The Morgan fingerprint density at radius 1 is 1.03 bits per heavy atom. The van der Waals surface area contributed by atoms with Crippen LogP contribution in [-0.2, 0) is 0 Å². The van der Waals surface area contributed by atoms with Crippen LogP contribution in [0.5, 0.6) is 17.2 Å². The van der Waals surface area contributed by atoms with Crippen molar-refractivity contribution in [3.63, 3.8) is 0 Å². The molecule has 0 aromatic heterocycles. The summed E-state index contributed by atoms with van der Waals surface area (Å²) < 4.78 is 40.9. The van der Waals surface area contributed by atoms with E-state index in [-0.39, 0.29) is 23.1 Å². The van der Waals surface area contributed by atoms with Crippen molar-refractivity contribution in [2.24, 2.45) is 0 Å². The van der Waals surface area contributed by atoms with Gasteiger partial charge in [-0.1, -0.05) is 24.3 Å². The minimum absolute atomic E-state index is 0.00477. The third-order valence-electron chi connectivity index (χ3n) is 5.19. The predicted octanol–water partition coefficient (Wildman–Crippen LogP) is 3.87. The van der Waals surface area contributed by atoms with Gasteiger partial charge in [-0.2, -0.15) is 8.78 Å². The molecule has 2 aromatic rings. The van der Waals surface area contributed by atoms with E-state index in [0.29, 0.717) is 6.54 Å². The van der Waals surface area contributed by atoms with Crippen LogP contribution in [0.3, 0.4) is 0 Å². The zero-order valence-corrected chi connectivity index (χ0v) is 17.1. The lowest BCUT2D eigenvalue weighted by Crippen LogP contribution is -2.37. The van der Waals surface area contributed by atoms with Gasteiger partial charge in [-0.25, -0.2) is 0 Å². The first-order chi connectivity index (χ1) is 14.5. The number of likely N-dealkylation sites (tertiary alicyclic amines) is 1. The van der Waals surface area contributed by atoms with Gasteiger partial charge in [0, 0.05) is 12.1 Å². The van der Waals surface area contributed by atoms with Crippen LogP contribution in [0.25, 0.3) is 0 Å². The lowest BCUT2D eigenvalue weighted by atomic mass is 10.0. The summed E-state index contributed by atoms with van der Waals surface area (Å²) in [5, 5.41) is 2.87. The number of hydrogen-bond acceptors (Lipinski definition) is 5. The molecule has 1 heterocycles. The molecular formula is C22H26F2N2O4. The predicted molar refractivity (Wildman–Crippen MR) is 109 cm³/mol. The van der Waals surface area contributed by atoms with Crippen LogP contribution >= 0.6 is 0 Å². The summed E-state index contributed by atoms with van der Waals surface area (Å²) in [5.74, 6) is 0.0293. The van der Waals surface area contributed by atoms with Crippen LogP contribution in [0, 0.1) is 0 Å². The van der Waals surface area contributed by atoms with Gasteiger partial charge in [-0.15, -0.1) is 0 Å². The first-order valence-electron chi connectivity index (χ1n) is 9.82. The topological polar surface area (TPSA) is 60.0 Å². The molecule has 3 rings (SSSR count). The number of carbonyl (C=O) groups excluding carboxylic acids is 1. The Morgan fingerprint density at radius 3 is 2.37 bits per heavy atom. The van der Waals surface area contributed by atoms with E-state index in [1.165, 1.54) is 19.2 Å². The Balaban J connectivity index is 1.83. The lowest BCUT2D eigenvalue weighted by Gasteiger charge is -2.29. The minimum Gasteiger partial charge on any atom is -0.496 e. The van der Waals surface area contributed by atoms with Gasteiger partial charge in [-0.05, 0) is 44.1 Å². The lowest BCUT2D eigenvalue weighted by molar-refractivity contribution is -0.0515. The van der Waals surface area contributed by atoms with Gasteiger partial charge in [0.25, 0.3) is 5.91 Å². The van der Waals surface area contributed by atoms with E-state index in [9.17, 15) is 13.6 Å². The van der Waals surface area contributed by atoms with Crippen molar-refractivity contribution in [3.8, 4) is 17.2 Å². The van der Waals surface area contributed by atoms with Crippen LogP contribution in [0.15, 0.2) is 42.5 Å². The average molecular weight is 420 g/mol. The molecule has 1 saturated heterocycles. The Labute approximate surface area is 174 Å². The number of alkyl halides is 2. The highest BCUT2D eigenvalue weighted by atomic mass is 19.3. The van der Waals surface area contributed by atoms with Crippen molar-refractivity contribution in [1.82, 2.24) is 10.2 Å². The normalized spacial score (nSPS) is 15.1. The van der Waals surface area contributed by atoms with E-state index < -0.39 is 12.5 Å². The second kappa shape index (κ2) is 10.2. The largest absolute Gasteiger partial charge is 0.496 e. The molecule has 1 atom stereocenters. The Kier molecular flexibility index (Phi) is 7.46. The van der Waals surface area contributed by atoms with Crippen molar-refractivity contribution in [1.29, 1.82) is 0 Å². The van der Waals surface area contributed by atoms with Gasteiger partial charge in [0.2, 0.25) is 0 Å². The molecule has 0 radical (unpaired) electrons. The van der Waals surface area contributed by atoms with E-state index in [4.69, 9.17) is 9.47 Å². The van der Waals surface area contributed by atoms with Gasteiger partial charge in [-0.3, -0.25) is 9.69 Å². The maximum Gasteiger partial charge on any atom is 0.387 e. The number of methoxy groups -OCH3 is 2. The highest BCUT2D eigenvalue weighted by Crippen LogP contribution is 2.34.